The molecule has 0 bridgehead atoms. The topological polar surface area (TPSA) is 3.24 Å². The van der Waals surface area contributed by atoms with E-state index in [0.29, 0.717) is 0 Å². The number of nitrogens with zero attached hydrogens (tertiary/aromatic N) is 1. The molecule has 10 heavy (non-hydrogen) atoms. The molecule has 0 N–H and O–H groups in total. The van der Waals surface area contributed by atoms with Crippen LogP contribution in [0.4, 0.5) is 0 Å². The predicted molar refractivity (Wildman–Crippen MR) is 49.6 cm³/mol. The Hall–Kier alpha value is 0.0249. The lowest BCUT2D eigenvalue weighted by molar-refractivity contribution is 0.624. The highest BCUT2D eigenvalue weighted by Crippen LogP contribution is 2.07. The van der Waals surface area contributed by atoms with Crippen molar-refractivity contribution in [1.29, 1.82) is 0 Å². The molecular weight excluding hydrogens is 121 g/mol. The maximum Gasteiger partial charge on any atom is 0.222 e. The highest BCUT2D eigenvalue weighted by molar-refractivity contribution is 6.55. The Balaban J connectivity index is 3.50. The quantitative estimate of drug-likeness (QED) is 0.531. The van der Waals surface area contributed by atoms with Gasteiger partial charge in [-0.05, 0) is 14.1 Å². The smallest absolute Gasteiger partial charge is 0.222 e. The first-order chi connectivity index (χ1) is 4.72. The standard InChI is InChI=1S/C8H20BN/c1-5-7-9(8-6-2)10(3)4/h5-8H2,1-4H3. The molecule has 1 nitrogen and oxygen atoms in total. The number of hydrogen-bond acceptors (Lipinski definition) is 1. The molecule has 0 saturated heterocycles. The Kier molecular flexibility index (Phi) is 5.80. The van der Waals surface area contributed by atoms with Crippen LogP contribution in [0.25, 0.3) is 0 Å². The summed E-state index contributed by atoms with van der Waals surface area (Å²) in [5.41, 5.74) is 0. The Morgan fingerprint density at radius 2 is 1.40 bits per heavy atom. The van der Waals surface area contributed by atoms with Crippen LogP contribution in [0.5, 0.6) is 0 Å². The van der Waals surface area contributed by atoms with E-state index >= 15 is 0 Å². The highest BCUT2D eigenvalue weighted by Gasteiger charge is 2.13. The van der Waals surface area contributed by atoms with Gasteiger partial charge in [0.05, 0.1) is 0 Å². The largest absolute Gasteiger partial charge is 0.347 e. The van der Waals surface area contributed by atoms with Gasteiger partial charge in [0.2, 0.25) is 6.85 Å². The predicted octanol–water partition coefficient (Wildman–Crippen LogP) is 2.36. The van der Waals surface area contributed by atoms with Gasteiger partial charge in [0.1, 0.15) is 0 Å². The second-order valence-corrected chi connectivity index (χ2v) is 3.19. The molecule has 0 saturated carbocycles. The lowest BCUT2D eigenvalue weighted by atomic mass is 9.54. The Bertz CT molecular complexity index is 67.7. The molecule has 0 amide bonds. The fourth-order valence-corrected chi connectivity index (χ4v) is 1.33. The third-order valence-corrected chi connectivity index (χ3v) is 1.97. The fourth-order valence-electron chi connectivity index (χ4n) is 1.33. The van der Waals surface area contributed by atoms with E-state index in [9.17, 15) is 0 Å². The minimum absolute atomic E-state index is 0.815. The first-order valence-corrected chi connectivity index (χ1v) is 4.38. The van der Waals surface area contributed by atoms with Crippen molar-refractivity contribution >= 4 is 6.85 Å². The Morgan fingerprint density at radius 3 is 1.60 bits per heavy atom. The summed E-state index contributed by atoms with van der Waals surface area (Å²) in [6.07, 6.45) is 5.31. The van der Waals surface area contributed by atoms with E-state index in [1.807, 2.05) is 0 Å². The number of rotatable bonds is 5. The van der Waals surface area contributed by atoms with E-state index in [1.165, 1.54) is 25.5 Å². The van der Waals surface area contributed by atoms with Gasteiger partial charge >= 0.3 is 0 Å². The van der Waals surface area contributed by atoms with E-state index in [2.05, 4.69) is 32.8 Å². The van der Waals surface area contributed by atoms with Crippen molar-refractivity contribution in [1.82, 2.24) is 4.81 Å². The molecule has 0 unspecified atom stereocenters. The minimum atomic E-state index is 0.815. The fraction of sp³-hybridized carbons (Fsp3) is 1.00. The molecular formula is C8H20BN. The van der Waals surface area contributed by atoms with Crippen LogP contribution in [0.1, 0.15) is 26.7 Å². The molecule has 2 heteroatoms. The van der Waals surface area contributed by atoms with Crippen molar-refractivity contribution < 1.29 is 0 Å². The van der Waals surface area contributed by atoms with Crippen molar-refractivity contribution in [3.8, 4) is 0 Å². The van der Waals surface area contributed by atoms with E-state index in [-0.39, 0.29) is 0 Å². The zero-order valence-corrected chi connectivity index (χ0v) is 7.85. The average molecular weight is 141 g/mol. The molecule has 0 rings (SSSR count). The van der Waals surface area contributed by atoms with Gasteiger partial charge in [-0.2, -0.15) is 0 Å². The Labute approximate surface area is 65.9 Å². The molecule has 0 heterocycles. The van der Waals surface area contributed by atoms with E-state index in [0.717, 1.165) is 6.85 Å². The summed E-state index contributed by atoms with van der Waals surface area (Å²) in [7, 11) is 4.35. The molecule has 0 radical (unpaired) electrons. The van der Waals surface area contributed by atoms with Crippen molar-refractivity contribution in [3.05, 3.63) is 0 Å². The molecule has 0 aliphatic carbocycles. The third kappa shape index (κ3) is 3.94. The van der Waals surface area contributed by atoms with Gasteiger partial charge in [0.25, 0.3) is 0 Å². The first-order valence-electron chi connectivity index (χ1n) is 4.38. The summed E-state index contributed by atoms with van der Waals surface area (Å²) in [4.78, 5) is 2.34. The molecule has 60 valence electrons. The van der Waals surface area contributed by atoms with Crippen LogP contribution < -0.4 is 0 Å². The molecule has 0 fully saturated rings. The van der Waals surface area contributed by atoms with Crippen molar-refractivity contribution in [2.45, 2.75) is 39.3 Å². The van der Waals surface area contributed by atoms with E-state index in [4.69, 9.17) is 0 Å². The summed E-state index contributed by atoms with van der Waals surface area (Å²) in [6.45, 7) is 5.33. The van der Waals surface area contributed by atoms with Gasteiger partial charge in [-0.3, -0.25) is 0 Å². The Morgan fingerprint density at radius 1 is 1.00 bits per heavy atom. The van der Waals surface area contributed by atoms with Crippen LogP contribution in [0.15, 0.2) is 0 Å². The molecule has 0 aliphatic heterocycles. The summed E-state index contributed by atoms with van der Waals surface area (Å²) < 4.78 is 0. The van der Waals surface area contributed by atoms with Crippen LogP contribution >= 0.6 is 0 Å². The van der Waals surface area contributed by atoms with Gasteiger partial charge in [-0.25, -0.2) is 0 Å². The lowest BCUT2D eigenvalue weighted by Crippen LogP contribution is -2.31. The molecule has 0 aromatic carbocycles. The van der Waals surface area contributed by atoms with E-state index < -0.39 is 0 Å². The van der Waals surface area contributed by atoms with Crippen LogP contribution in [0.2, 0.25) is 12.6 Å². The SMILES string of the molecule is CCCB(CCC)N(C)C. The molecule has 0 spiro atoms. The lowest BCUT2D eigenvalue weighted by Gasteiger charge is -2.19. The molecule has 0 aliphatic rings. The maximum atomic E-state index is 2.34. The third-order valence-electron chi connectivity index (χ3n) is 1.97. The molecule has 0 atom stereocenters. The summed E-state index contributed by atoms with van der Waals surface area (Å²) in [6, 6.07) is 0. The van der Waals surface area contributed by atoms with Gasteiger partial charge in [0.15, 0.2) is 0 Å². The minimum Gasteiger partial charge on any atom is -0.347 e. The summed E-state index contributed by atoms with van der Waals surface area (Å²) >= 11 is 0. The van der Waals surface area contributed by atoms with Crippen molar-refractivity contribution in [2.75, 3.05) is 14.1 Å². The van der Waals surface area contributed by atoms with Crippen molar-refractivity contribution in [3.63, 3.8) is 0 Å². The molecule has 0 aromatic rings. The van der Waals surface area contributed by atoms with Gasteiger partial charge in [0, 0.05) is 0 Å². The second kappa shape index (κ2) is 5.78. The first kappa shape index (κ1) is 10.0. The molecule has 0 aromatic heterocycles. The normalized spacial score (nSPS) is 10.5. The van der Waals surface area contributed by atoms with Crippen LogP contribution in [0.3, 0.4) is 0 Å². The monoisotopic (exact) mass is 141 g/mol. The van der Waals surface area contributed by atoms with Gasteiger partial charge < -0.3 is 4.81 Å². The van der Waals surface area contributed by atoms with Crippen LogP contribution in [0, 0.1) is 0 Å². The van der Waals surface area contributed by atoms with Crippen molar-refractivity contribution in [2.24, 2.45) is 0 Å². The number of hydrogen-bond donors (Lipinski definition) is 0. The summed E-state index contributed by atoms with van der Waals surface area (Å²) in [5, 5.41) is 0. The second-order valence-electron chi connectivity index (χ2n) is 3.19. The summed E-state index contributed by atoms with van der Waals surface area (Å²) in [5.74, 6) is 0. The van der Waals surface area contributed by atoms with Crippen LogP contribution in [-0.4, -0.2) is 25.8 Å². The average Bonchev–Trinajstić information content (AvgIpc) is 1.87. The van der Waals surface area contributed by atoms with E-state index in [1.54, 1.807) is 0 Å². The zero-order chi connectivity index (χ0) is 7.98. The van der Waals surface area contributed by atoms with Gasteiger partial charge in [-0.1, -0.05) is 39.3 Å². The maximum absolute atomic E-state index is 2.34. The highest BCUT2D eigenvalue weighted by atomic mass is 15.0. The zero-order valence-electron chi connectivity index (χ0n) is 7.85. The van der Waals surface area contributed by atoms with Crippen LogP contribution in [-0.2, 0) is 0 Å². The van der Waals surface area contributed by atoms with Gasteiger partial charge in [-0.15, -0.1) is 0 Å².